The molecule has 2 N–H and O–H groups in total. The Morgan fingerprint density at radius 3 is 2.71 bits per heavy atom. The van der Waals surface area contributed by atoms with E-state index in [1.54, 1.807) is 4.90 Å². The van der Waals surface area contributed by atoms with E-state index in [4.69, 9.17) is 14.3 Å². The standard InChI is InChI=1S/C14H20N2O5/c1-10-2-3-12(21-10)8-15-14(19)16-6-4-11(5-7-16)20-9-13(17)18/h2-3,11H,4-9H2,1H3,(H,15,19)(H,17,18). The molecule has 21 heavy (non-hydrogen) atoms. The summed E-state index contributed by atoms with van der Waals surface area (Å²) in [5, 5.41) is 11.4. The van der Waals surface area contributed by atoms with Crippen molar-refractivity contribution in [1.29, 1.82) is 0 Å². The molecule has 1 fully saturated rings. The molecule has 116 valence electrons. The number of hydrogen-bond donors (Lipinski definition) is 2. The minimum Gasteiger partial charge on any atom is -0.480 e. The van der Waals surface area contributed by atoms with Crippen LogP contribution >= 0.6 is 0 Å². The maximum atomic E-state index is 12.0. The smallest absolute Gasteiger partial charge is 0.329 e. The summed E-state index contributed by atoms with van der Waals surface area (Å²) >= 11 is 0. The van der Waals surface area contributed by atoms with E-state index in [0.717, 1.165) is 11.5 Å². The van der Waals surface area contributed by atoms with Gasteiger partial charge in [0.1, 0.15) is 18.1 Å². The molecule has 0 bridgehead atoms. The van der Waals surface area contributed by atoms with Gasteiger partial charge >= 0.3 is 12.0 Å². The van der Waals surface area contributed by atoms with Crippen molar-refractivity contribution in [2.24, 2.45) is 0 Å². The largest absolute Gasteiger partial charge is 0.480 e. The molecule has 0 spiro atoms. The van der Waals surface area contributed by atoms with Gasteiger partial charge in [-0.25, -0.2) is 9.59 Å². The molecule has 2 heterocycles. The summed E-state index contributed by atoms with van der Waals surface area (Å²) in [6.45, 7) is 3.06. The number of nitrogens with one attached hydrogen (secondary N) is 1. The number of amides is 2. The predicted octanol–water partition coefficient (Wildman–Crippen LogP) is 1.36. The predicted molar refractivity (Wildman–Crippen MR) is 73.9 cm³/mol. The van der Waals surface area contributed by atoms with Gasteiger partial charge in [-0.05, 0) is 31.9 Å². The van der Waals surface area contributed by atoms with Crippen molar-refractivity contribution >= 4 is 12.0 Å². The molecular formula is C14H20N2O5. The average molecular weight is 296 g/mol. The molecule has 7 heteroatoms. The summed E-state index contributed by atoms with van der Waals surface area (Å²) in [6.07, 6.45) is 1.22. The highest BCUT2D eigenvalue weighted by Gasteiger charge is 2.23. The number of urea groups is 1. The van der Waals surface area contributed by atoms with E-state index < -0.39 is 5.97 Å². The molecule has 1 aromatic rings. The molecule has 1 aliphatic rings. The second kappa shape index (κ2) is 7.12. The van der Waals surface area contributed by atoms with Crippen LogP contribution in [0.2, 0.25) is 0 Å². The number of carbonyl (C=O) groups is 2. The molecule has 0 saturated carbocycles. The van der Waals surface area contributed by atoms with E-state index >= 15 is 0 Å². The highest BCUT2D eigenvalue weighted by Crippen LogP contribution is 2.14. The minimum absolute atomic E-state index is 0.0853. The second-order valence-electron chi connectivity index (χ2n) is 5.06. The van der Waals surface area contributed by atoms with Gasteiger partial charge in [0.05, 0.1) is 12.6 Å². The Morgan fingerprint density at radius 1 is 1.43 bits per heavy atom. The molecule has 0 radical (unpaired) electrons. The van der Waals surface area contributed by atoms with Crippen LogP contribution in [0.25, 0.3) is 0 Å². The van der Waals surface area contributed by atoms with E-state index in [-0.39, 0.29) is 18.7 Å². The van der Waals surface area contributed by atoms with Gasteiger partial charge < -0.3 is 24.5 Å². The summed E-state index contributed by atoms with van der Waals surface area (Å²) in [5.74, 6) is 0.570. The van der Waals surface area contributed by atoms with Crippen LogP contribution in [0, 0.1) is 6.92 Å². The van der Waals surface area contributed by atoms with Crippen LogP contribution in [0.1, 0.15) is 24.4 Å². The Bertz CT molecular complexity index is 491. The lowest BCUT2D eigenvalue weighted by atomic mass is 10.1. The summed E-state index contributed by atoms with van der Waals surface area (Å²) in [5.41, 5.74) is 0. The van der Waals surface area contributed by atoms with Crippen molar-refractivity contribution in [2.75, 3.05) is 19.7 Å². The lowest BCUT2D eigenvalue weighted by Crippen LogP contribution is -2.45. The zero-order chi connectivity index (χ0) is 15.2. The molecule has 0 aliphatic carbocycles. The number of carbonyl (C=O) groups excluding carboxylic acids is 1. The van der Waals surface area contributed by atoms with Crippen molar-refractivity contribution in [3.05, 3.63) is 23.7 Å². The summed E-state index contributed by atoms with van der Waals surface area (Å²) in [4.78, 5) is 24.1. The number of hydrogen-bond acceptors (Lipinski definition) is 4. The van der Waals surface area contributed by atoms with E-state index in [2.05, 4.69) is 5.32 Å². The number of carboxylic acids is 1. The van der Waals surface area contributed by atoms with E-state index in [1.165, 1.54) is 0 Å². The fraction of sp³-hybridized carbons (Fsp3) is 0.571. The first-order valence-electron chi connectivity index (χ1n) is 6.96. The minimum atomic E-state index is -0.969. The zero-order valence-electron chi connectivity index (χ0n) is 12.0. The fourth-order valence-electron chi connectivity index (χ4n) is 2.27. The third-order valence-corrected chi connectivity index (χ3v) is 3.38. The summed E-state index contributed by atoms with van der Waals surface area (Å²) in [7, 11) is 0. The number of nitrogens with zero attached hydrogens (tertiary/aromatic N) is 1. The summed E-state index contributed by atoms with van der Waals surface area (Å²) in [6, 6.07) is 3.55. The Kier molecular flexibility index (Phi) is 5.21. The third-order valence-electron chi connectivity index (χ3n) is 3.38. The number of aliphatic carboxylic acids is 1. The lowest BCUT2D eigenvalue weighted by molar-refractivity contribution is -0.145. The first kappa shape index (κ1) is 15.4. The summed E-state index contributed by atoms with van der Waals surface area (Å²) < 4.78 is 10.6. The quantitative estimate of drug-likeness (QED) is 0.856. The third kappa shape index (κ3) is 4.78. The number of likely N-dealkylation sites (tertiary alicyclic amines) is 1. The van der Waals surface area contributed by atoms with Gasteiger partial charge in [-0.2, -0.15) is 0 Å². The first-order valence-corrected chi connectivity index (χ1v) is 6.96. The number of ether oxygens (including phenoxy) is 1. The highest BCUT2D eigenvalue weighted by molar-refractivity contribution is 5.74. The van der Waals surface area contributed by atoms with Crippen molar-refractivity contribution in [3.8, 4) is 0 Å². The average Bonchev–Trinajstić information content (AvgIpc) is 2.89. The van der Waals surface area contributed by atoms with Crippen LogP contribution in [-0.4, -0.2) is 47.8 Å². The maximum Gasteiger partial charge on any atom is 0.329 e. The molecule has 7 nitrogen and oxygen atoms in total. The molecule has 1 saturated heterocycles. The first-order chi connectivity index (χ1) is 10.0. The molecule has 0 atom stereocenters. The molecule has 1 aliphatic heterocycles. The number of rotatable bonds is 5. The van der Waals surface area contributed by atoms with E-state index in [1.807, 2.05) is 19.1 Å². The monoisotopic (exact) mass is 296 g/mol. The normalized spacial score (nSPS) is 16.0. The van der Waals surface area contributed by atoms with Gasteiger partial charge in [0.2, 0.25) is 0 Å². The van der Waals surface area contributed by atoms with Crippen LogP contribution in [0.3, 0.4) is 0 Å². The highest BCUT2D eigenvalue weighted by atomic mass is 16.5. The zero-order valence-corrected chi connectivity index (χ0v) is 12.0. The van der Waals surface area contributed by atoms with Crippen molar-refractivity contribution < 1.29 is 23.8 Å². The Labute approximate surface area is 122 Å². The second-order valence-corrected chi connectivity index (χ2v) is 5.06. The fourth-order valence-corrected chi connectivity index (χ4v) is 2.27. The van der Waals surface area contributed by atoms with Crippen molar-refractivity contribution in [3.63, 3.8) is 0 Å². The Balaban J connectivity index is 1.69. The van der Waals surface area contributed by atoms with Crippen LogP contribution in [0.5, 0.6) is 0 Å². The molecule has 1 aromatic heterocycles. The Hall–Kier alpha value is -2.02. The van der Waals surface area contributed by atoms with Gasteiger partial charge in [-0.15, -0.1) is 0 Å². The van der Waals surface area contributed by atoms with Gasteiger partial charge in [0.15, 0.2) is 0 Å². The van der Waals surface area contributed by atoms with E-state index in [9.17, 15) is 9.59 Å². The number of aryl methyl sites for hydroxylation is 1. The molecule has 2 rings (SSSR count). The van der Waals surface area contributed by atoms with Crippen LogP contribution in [-0.2, 0) is 16.1 Å². The lowest BCUT2D eigenvalue weighted by Gasteiger charge is -2.31. The van der Waals surface area contributed by atoms with Crippen LogP contribution < -0.4 is 5.32 Å². The number of carboxylic acid groups (broad SMARTS) is 1. The SMILES string of the molecule is Cc1ccc(CNC(=O)N2CCC(OCC(=O)O)CC2)o1. The molecule has 2 amide bonds. The van der Waals surface area contributed by atoms with Gasteiger partial charge in [0, 0.05) is 13.1 Å². The maximum absolute atomic E-state index is 12.0. The van der Waals surface area contributed by atoms with Gasteiger partial charge in [0.25, 0.3) is 0 Å². The van der Waals surface area contributed by atoms with Crippen LogP contribution in [0.15, 0.2) is 16.5 Å². The molecule has 0 aromatic carbocycles. The van der Waals surface area contributed by atoms with Gasteiger partial charge in [-0.3, -0.25) is 0 Å². The molecule has 0 unspecified atom stereocenters. The number of piperidine rings is 1. The topological polar surface area (TPSA) is 92.0 Å². The van der Waals surface area contributed by atoms with Crippen LogP contribution in [0.4, 0.5) is 4.79 Å². The van der Waals surface area contributed by atoms with Crippen molar-refractivity contribution in [1.82, 2.24) is 10.2 Å². The van der Waals surface area contributed by atoms with Gasteiger partial charge in [-0.1, -0.05) is 0 Å². The van der Waals surface area contributed by atoms with E-state index in [0.29, 0.717) is 32.5 Å². The number of furan rings is 1. The Morgan fingerprint density at radius 2 is 2.14 bits per heavy atom. The van der Waals surface area contributed by atoms with Crippen molar-refractivity contribution in [2.45, 2.75) is 32.4 Å². The molecular weight excluding hydrogens is 276 g/mol.